The van der Waals surface area contributed by atoms with Gasteiger partial charge in [0.2, 0.25) is 0 Å². The number of hydrogen-bond acceptors (Lipinski definition) is 4. The van der Waals surface area contributed by atoms with Gasteiger partial charge in [-0.25, -0.2) is 9.98 Å². The fraction of sp³-hybridized carbons (Fsp3) is 0.412. The average molecular weight is 460 g/mol. The number of guanidine groups is 1. The standard InChI is InChI=1S/C17H24N4OS.HI/c1-3-15-12-20-16(23-15)13-21-17(18-4-2)19-10-11-22-14-8-6-5-7-9-14;/h5-9,12H,3-4,10-11,13H2,1-2H3,(H2,18,19,21);1H. The summed E-state index contributed by atoms with van der Waals surface area (Å²) in [7, 11) is 0. The average Bonchev–Trinajstić information content (AvgIpc) is 3.05. The summed E-state index contributed by atoms with van der Waals surface area (Å²) in [4.78, 5) is 10.2. The van der Waals surface area contributed by atoms with Crippen molar-refractivity contribution >= 4 is 41.3 Å². The van der Waals surface area contributed by atoms with E-state index in [1.807, 2.05) is 36.5 Å². The zero-order valence-corrected chi connectivity index (χ0v) is 17.3. The van der Waals surface area contributed by atoms with Gasteiger partial charge in [0, 0.05) is 17.6 Å². The van der Waals surface area contributed by atoms with E-state index in [4.69, 9.17) is 4.74 Å². The van der Waals surface area contributed by atoms with E-state index >= 15 is 0 Å². The molecule has 0 amide bonds. The number of ether oxygens (including phenoxy) is 1. The van der Waals surface area contributed by atoms with Gasteiger partial charge in [-0.1, -0.05) is 25.1 Å². The van der Waals surface area contributed by atoms with Crippen LogP contribution in [-0.2, 0) is 13.0 Å². The summed E-state index contributed by atoms with van der Waals surface area (Å²) in [5, 5.41) is 7.55. The van der Waals surface area contributed by atoms with Crippen LogP contribution in [0, 0.1) is 0 Å². The molecule has 0 aliphatic rings. The molecule has 24 heavy (non-hydrogen) atoms. The lowest BCUT2D eigenvalue weighted by atomic mass is 10.3. The molecule has 0 fully saturated rings. The third-order valence-corrected chi connectivity index (χ3v) is 4.20. The van der Waals surface area contributed by atoms with E-state index in [1.165, 1.54) is 4.88 Å². The smallest absolute Gasteiger partial charge is 0.191 e. The summed E-state index contributed by atoms with van der Waals surface area (Å²) in [6.07, 6.45) is 2.96. The van der Waals surface area contributed by atoms with Crippen LogP contribution in [0.3, 0.4) is 0 Å². The van der Waals surface area contributed by atoms with Crippen LogP contribution in [0.2, 0.25) is 0 Å². The van der Waals surface area contributed by atoms with Crippen molar-refractivity contribution in [1.82, 2.24) is 15.6 Å². The Kier molecular flexibility index (Phi) is 10.4. The second-order valence-corrected chi connectivity index (χ2v) is 6.06. The molecule has 7 heteroatoms. The molecule has 0 bridgehead atoms. The monoisotopic (exact) mass is 460 g/mol. The van der Waals surface area contributed by atoms with Crippen molar-refractivity contribution in [3.63, 3.8) is 0 Å². The second kappa shape index (κ2) is 12.1. The number of hydrogen-bond donors (Lipinski definition) is 2. The summed E-state index contributed by atoms with van der Waals surface area (Å²) in [5.74, 6) is 1.67. The molecule has 1 aromatic carbocycles. The Morgan fingerprint density at radius 2 is 2.00 bits per heavy atom. The van der Waals surface area contributed by atoms with Crippen LogP contribution in [0.25, 0.3) is 0 Å². The molecule has 2 aromatic rings. The minimum absolute atomic E-state index is 0. The Bertz CT molecular complexity index is 604. The molecule has 0 radical (unpaired) electrons. The van der Waals surface area contributed by atoms with Crippen LogP contribution in [0.15, 0.2) is 41.5 Å². The third-order valence-electron chi connectivity index (χ3n) is 3.07. The third kappa shape index (κ3) is 7.48. The fourth-order valence-electron chi connectivity index (χ4n) is 1.93. The highest BCUT2D eigenvalue weighted by Crippen LogP contribution is 2.13. The van der Waals surface area contributed by atoms with Crippen molar-refractivity contribution < 1.29 is 4.74 Å². The van der Waals surface area contributed by atoms with Crippen LogP contribution in [0.4, 0.5) is 0 Å². The first-order valence-corrected chi connectivity index (χ1v) is 8.77. The number of thiazole rings is 1. The number of aryl methyl sites for hydroxylation is 1. The van der Waals surface area contributed by atoms with Crippen LogP contribution >= 0.6 is 35.3 Å². The van der Waals surface area contributed by atoms with Crippen molar-refractivity contribution in [2.45, 2.75) is 26.8 Å². The number of para-hydroxylation sites is 1. The molecule has 1 aromatic heterocycles. The van der Waals surface area contributed by atoms with Crippen LogP contribution in [-0.4, -0.2) is 30.6 Å². The number of rotatable bonds is 8. The van der Waals surface area contributed by atoms with Gasteiger partial charge < -0.3 is 15.4 Å². The summed E-state index contributed by atoms with van der Waals surface area (Å²) < 4.78 is 5.66. The number of halogens is 1. The van der Waals surface area contributed by atoms with Crippen LogP contribution in [0.1, 0.15) is 23.7 Å². The lowest BCUT2D eigenvalue weighted by Crippen LogP contribution is -2.39. The molecular formula is C17H25IN4OS. The Morgan fingerprint density at radius 3 is 2.67 bits per heavy atom. The van der Waals surface area contributed by atoms with Gasteiger partial charge in [0.15, 0.2) is 5.96 Å². The topological polar surface area (TPSA) is 58.5 Å². The molecule has 0 aliphatic carbocycles. The molecule has 0 unspecified atom stereocenters. The van der Waals surface area contributed by atoms with Crippen LogP contribution in [0.5, 0.6) is 5.75 Å². The van der Waals surface area contributed by atoms with E-state index in [0.29, 0.717) is 19.7 Å². The lowest BCUT2D eigenvalue weighted by Gasteiger charge is -2.11. The van der Waals surface area contributed by atoms with Gasteiger partial charge in [-0.05, 0) is 25.5 Å². The van der Waals surface area contributed by atoms with E-state index in [-0.39, 0.29) is 24.0 Å². The van der Waals surface area contributed by atoms with E-state index in [2.05, 4.69) is 34.5 Å². The Hall–Kier alpha value is -1.35. The molecule has 1 heterocycles. The second-order valence-electron chi connectivity index (χ2n) is 4.86. The first-order chi connectivity index (χ1) is 11.3. The van der Waals surface area contributed by atoms with E-state index < -0.39 is 0 Å². The lowest BCUT2D eigenvalue weighted by molar-refractivity contribution is 0.322. The maximum Gasteiger partial charge on any atom is 0.191 e. The number of aromatic nitrogens is 1. The van der Waals surface area contributed by atoms with Crippen molar-refractivity contribution in [2.24, 2.45) is 4.99 Å². The van der Waals surface area contributed by atoms with Crippen molar-refractivity contribution in [2.75, 3.05) is 19.7 Å². The van der Waals surface area contributed by atoms with Gasteiger partial charge in [0.1, 0.15) is 17.4 Å². The molecule has 0 saturated heterocycles. The fourth-order valence-corrected chi connectivity index (χ4v) is 2.71. The zero-order valence-electron chi connectivity index (χ0n) is 14.1. The quantitative estimate of drug-likeness (QED) is 0.274. The SMILES string of the molecule is CCNC(=NCc1ncc(CC)s1)NCCOc1ccccc1.I. The molecule has 5 nitrogen and oxygen atoms in total. The van der Waals surface area contributed by atoms with Gasteiger partial charge in [-0.2, -0.15) is 0 Å². The normalized spacial score (nSPS) is 10.8. The largest absolute Gasteiger partial charge is 0.492 e. The summed E-state index contributed by atoms with van der Waals surface area (Å²) in [6.45, 7) is 6.89. The van der Waals surface area contributed by atoms with Crippen molar-refractivity contribution in [3.8, 4) is 5.75 Å². The van der Waals surface area contributed by atoms with Gasteiger partial charge >= 0.3 is 0 Å². The predicted molar refractivity (Wildman–Crippen MR) is 112 cm³/mol. The Labute approximate surface area is 165 Å². The highest BCUT2D eigenvalue weighted by atomic mass is 127. The molecule has 0 atom stereocenters. The minimum atomic E-state index is 0. The highest BCUT2D eigenvalue weighted by Gasteiger charge is 2.01. The first-order valence-electron chi connectivity index (χ1n) is 7.95. The highest BCUT2D eigenvalue weighted by molar-refractivity contribution is 14.0. The Balaban J connectivity index is 0.00000288. The van der Waals surface area contributed by atoms with Gasteiger partial charge in [0.05, 0.1) is 13.1 Å². The maximum absolute atomic E-state index is 5.66. The molecule has 2 N–H and O–H groups in total. The van der Waals surface area contributed by atoms with Gasteiger partial charge in [-0.15, -0.1) is 35.3 Å². The number of nitrogens with one attached hydrogen (secondary N) is 2. The number of aliphatic imine (C=N–C) groups is 1. The van der Waals surface area contributed by atoms with E-state index in [9.17, 15) is 0 Å². The van der Waals surface area contributed by atoms with E-state index in [1.54, 1.807) is 11.3 Å². The van der Waals surface area contributed by atoms with Crippen molar-refractivity contribution in [1.29, 1.82) is 0 Å². The van der Waals surface area contributed by atoms with E-state index in [0.717, 1.165) is 29.7 Å². The molecule has 0 aliphatic heterocycles. The minimum Gasteiger partial charge on any atom is -0.492 e. The summed E-state index contributed by atoms with van der Waals surface area (Å²) in [6, 6.07) is 9.81. The molecule has 132 valence electrons. The Morgan fingerprint density at radius 1 is 1.21 bits per heavy atom. The molecular weight excluding hydrogens is 435 g/mol. The van der Waals surface area contributed by atoms with Crippen LogP contribution < -0.4 is 15.4 Å². The number of benzene rings is 1. The molecule has 0 spiro atoms. The maximum atomic E-state index is 5.66. The zero-order chi connectivity index (χ0) is 16.3. The number of nitrogens with zero attached hydrogens (tertiary/aromatic N) is 2. The first kappa shape index (κ1) is 20.7. The predicted octanol–water partition coefficient (Wildman–Crippen LogP) is 3.46. The van der Waals surface area contributed by atoms with Crippen molar-refractivity contribution in [3.05, 3.63) is 46.4 Å². The summed E-state index contributed by atoms with van der Waals surface area (Å²) >= 11 is 1.72. The van der Waals surface area contributed by atoms with Gasteiger partial charge in [0.25, 0.3) is 0 Å². The van der Waals surface area contributed by atoms with Gasteiger partial charge in [-0.3, -0.25) is 0 Å². The molecule has 0 saturated carbocycles. The molecule has 2 rings (SSSR count). The summed E-state index contributed by atoms with van der Waals surface area (Å²) in [5.41, 5.74) is 0.